The smallest absolute Gasteiger partial charge is 0.306 e. The number of methoxy groups -OCH3 is 2. The molecule has 11 nitrogen and oxygen atoms in total. The van der Waals surface area contributed by atoms with Crippen molar-refractivity contribution in [2.75, 3.05) is 14.2 Å². The average molecular weight is 643 g/mol. The van der Waals surface area contributed by atoms with Crippen LogP contribution in [0.1, 0.15) is 54.4 Å². The Kier molecular flexibility index (Phi) is 9.18. The van der Waals surface area contributed by atoms with Crippen molar-refractivity contribution in [3.63, 3.8) is 0 Å². The van der Waals surface area contributed by atoms with Gasteiger partial charge in [0.25, 0.3) is 0 Å². The third kappa shape index (κ3) is 6.46. The second kappa shape index (κ2) is 13.3. The summed E-state index contributed by atoms with van der Waals surface area (Å²) in [5.74, 6) is -4.05. The molecule has 0 saturated heterocycles. The third-order valence-corrected chi connectivity index (χ3v) is 7.95. The lowest BCUT2D eigenvalue weighted by atomic mass is 9.86. The second-order valence-electron chi connectivity index (χ2n) is 11.3. The highest BCUT2D eigenvalue weighted by molar-refractivity contribution is 5.92. The van der Waals surface area contributed by atoms with Crippen LogP contribution < -0.4 is 14.9 Å². The van der Waals surface area contributed by atoms with Crippen LogP contribution in [-0.4, -0.2) is 45.7 Å². The molecule has 0 aliphatic carbocycles. The molecule has 1 atom stereocenters. The predicted molar refractivity (Wildman–Crippen MR) is 173 cm³/mol. The van der Waals surface area contributed by atoms with E-state index in [0.717, 1.165) is 23.8 Å². The summed E-state index contributed by atoms with van der Waals surface area (Å²) in [6.07, 6.45) is -0.338. The van der Waals surface area contributed by atoms with E-state index in [-0.39, 0.29) is 29.7 Å². The summed E-state index contributed by atoms with van der Waals surface area (Å²) >= 11 is 0. The zero-order valence-electron chi connectivity index (χ0n) is 26.1. The minimum absolute atomic E-state index is 0.0112. The maximum absolute atomic E-state index is 13.4. The molecule has 1 aromatic heterocycles. The minimum Gasteiger partial charge on any atom is -0.507 e. The van der Waals surface area contributed by atoms with E-state index >= 15 is 0 Å². The van der Waals surface area contributed by atoms with E-state index in [1.807, 2.05) is 24.3 Å². The van der Waals surface area contributed by atoms with Gasteiger partial charge in [0.15, 0.2) is 28.8 Å². The number of hydrogen-bond acceptors (Lipinski definition) is 11. The lowest BCUT2D eigenvalue weighted by molar-refractivity contribution is -0.140. The number of fused-ring (bicyclic) bond motifs is 1. The largest absolute Gasteiger partial charge is 0.507 e. The number of esters is 1. The lowest BCUT2D eigenvalue weighted by Crippen LogP contribution is -2.13. The Balaban J connectivity index is 1.64. The number of rotatable bonds is 10. The summed E-state index contributed by atoms with van der Waals surface area (Å²) in [5, 5.41) is 52.0. The fraction of sp³-hybridized carbons (Fsp3) is 0.222. The van der Waals surface area contributed by atoms with Crippen LogP contribution >= 0.6 is 0 Å². The number of benzene rings is 4. The summed E-state index contributed by atoms with van der Waals surface area (Å²) < 4.78 is 22.6. The molecular weight excluding hydrogens is 608 g/mol. The predicted octanol–water partition coefficient (Wildman–Crippen LogP) is 6.39. The summed E-state index contributed by atoms with van der Waals surface area (Å²) in [5.41, 5.74) is 1.17. The quantitative estimate of drug-likeness (QED) is 0.0842. The van der Waals surface area contributed by atoms with Crippen molar-refractivity contribution in [1.29, 1.82) is 0 Å². The van der Waals surface area contributed by atoms with Crippen molar-refractivity contribution < 1.29 is 49.0 Å². The monoisotopic (exact) mass is 642 g/mol. The van der Waals surface area contributed by atoms with Crippen LogP contribution in [-0.2, 0) is 16.1 Å². The van der Waals surface area contributed by atoms with Gasteiger partial charge in [0.1, 0.15) is 29.1 Å². The first-order valence-electron chi connectivity index (χ1n) is 14.7. The van der Waals surface area contributed by atoms with Crippen molar-refractivity contribution >= 4 is 16.9 Å². The van der Waals surface area contributed by atoms with Crippen molar-refractivity contribution in [3.05, 3.63) is 99.2 Å². The zero-order valence-corrected chi connectivity index (χ0v) is 26.1. The molecule has 5 N–H and O–H groups in total. The van der Waals surface area contributed by atoms with Crippen LogP contribution in [0, 0.1) is 0 Å². The summed E-state index contributed by atoms with van der Waals surface area (Å²) in [4.78, 5) is 26.1. The Morgan fingerprint density at radius 3 is 2.13 bits per heavy atom. The van der Waals surface area contributed by atoms with Crippen molar-refractivity contribution in [2.45, 2.75) is 38.7 Å². The summed E-state index contributed by atoms with van der Waals surface area (Å²) in [6, 6.07) is 17.4. The number of phenolic OH excluding ortho intramolecular Hbond substituents is 4. The van der Waals surface area contributed by atoms with Crippen LogP contribution in [0.25, 0.3) is 22.3 Å². The van der Waals surface area contributed by atoms with Crippen LogP contribution in [0.15, 0.2) is 75.9 Å². The normalized spacial score (nSPS) is 11.9. The molecule has 5 aromatic rings. The highest BCUT2D eigenvalue weighted by Crippen LogP contribution is 2.46. The summed E-state index contributed by atoms with van der Waals surface area (Å²) in [7, 11) is 2.65. The molecule has 5 rings (SSSR count). The van der Waals surface area contributed by atoms with Crippen LogP contribution in [0.5, 0.6) is 40.2 Å². The van der Waals surface area contributed by atoms with E-state index in [0.29, 0.717) is 23.0 Å². The highest BCUT2D eigenvalue weighted by atomic mass is 16.5. The fourth-order valence-corrected chi connectivity index (χ4v) is 5.36. The number of phenols is 4. The van der Waals surface area contributed by atoms with Gasteiger partial charge in [-0.25, -0.2) is 0 Å². The third-order valence-electron chi connectivity index (χ3n) is 7.95. The van der Waals surface area contributed by atoms with Gasteiger partial charge in [-0.3, -0.25) is 9.59 Å². The van der Waals surface area contributed by atoms with Gasteiger partial charge in [0.2, 0.25) is 11.2 Å². The summed E-state index contributed by atoms with van der Waals surface area (Å²) in [6.45, 7) is 4.49. The molecule has 47 heavy (non-hydrogen) atoms. The average Bonchev–Trinajstić information content (AvgIpc) is 3.05. The molecule has 0 aliphatic heterocycles. The van der Waals surface area contributed by atoms with Gasteiger partial charge >= 0.3 is 5.97 Å². The molecule has 0 saturated carbocycles. The van der Waals surface area contributed by atoms with Crippen LogP contribution in [0.3, 0.4) is 0 Å². The SMILES string of the molecule is COC(=O)C[C@H](c1ccc(OCc2ccc(C(C)C)cc2)c(OC)c1)c1c(O)cc(O)c2c(=O)c(O)c(-c3ccc(O)c(O)c3)oc12. The Morgan fingerprint density at radius 1 is 0.787 bits per heavy atom. The number of hydrogen-bond donors (Lipinski definition) is 5. The van der Waals surface area contributed by atoms with Gasteiger partial charge in [0, 0.05) is 23.1 Å². The van der Waals surface area contributed by atoms with E-state index in [9.17, 15) is 35.1 Å². The Bertz CT molecular complexity index is 2010. The number of aromatic hydroxyl groups is 5. The lowest BCUT2D eigenvalue weighted by Gasteiger charge is -2.22. The maximum Gasteiger partial charge on any atom is 0.306 e. The zero-order chi connectivity index (χ0) is 34.0. The fourth-order valence-electron chi connectivity index (χ4n) is 5.36. The molecule has 1 heterocycles. The first-order valence-corrected chi connectivity index (χ1v) is 14.7. The van der Waals surface area contributed by atoms with Gasteiger partial charge < -0.3 is 44.2 Å². The molecule has 0 spiro atoms. The van der Waals surface area contributed by atoms with Gasteiger partial charge in [-0.1, -0.05) is 44.2 Å². The van der Waals surface area contributed by atoms with Crippen LogP contribution in [0.4, 0.5) is 0 Å². The Morgan fingerprint density at radius 2 is 1.49 bits per heavy atom. The second-order valence-corrected chi connectivity index (χ2v) is 11.3. The Labute approximate surface area is 269 Å². The van der Waals surface area contributed by atoms with Gasteiger partial charge in [-0.05, 0) is 52.9 Å². The molecule has 0 radical (unpaired) electrons. The maximum atomic E-state index is 13.4. The minimum atomic E-state index is -1.04. The number of carbonyl (C=O) groups is 1. The topological polar surface area (TPSA) is 176 Å². The first kappa shape index (κ1) is 32.6. The molecule has 11 heteroatoms. The molecule has 0 fully saturated rings. The molecule has 0 unspecified atom stereocenters. The first-order chi connectivity index (χ1) is 22.4. The molecule has 0 amide bonds. The molecular formula is C36H34O11. The highest BCUT2D eigenvalue weighted by Gasteiger charge is 2.30. The van der Waals surface area contributed by atoms with E-state index in [2.05, 4.69) is 13.8 Å². The van der Waals surface area contributed by atoms with E-state index < -0.39 is 57.2 Å². The van der Waals surface area contributed by atoms with Crippen molar-refractivity contribution in [3.8, 4) is 51.6 Å². The number of ether oxygens (including phenoxy) is 3. The van der Waals surface area contributed by atoms with E-state index in [1.54, 1.807) is 18.2 Å². The molecule has 0 aliphatic rings. The molecule has 4 aromatic carbocycles. The molecule has 244 valence electrons. The van der Waals surface area contributed by atoms with Crippen molar-refractivity contribution in [2.24, 2.45) is 0 Å². The van der Waals surface area contributed by atoms with Gasteiger partial charge in [-0.15, -0.1) is 0 Å². The number of carbonyl (C=O) groups excluding carboxylic acids is 1. The van der Waals surface area contributed by atoms with Crippen LogP contribution in [0.2, 0.25) is 0 Å². The van der Waals surface area contributed by atoms with Gasteiger partial charge in [0.05, 0.1) is 20.6 Å². The van der Waals surface area contributed by atoms with E-state index in [1.165, 1.54) is 25.8 Å². The van der Waals surface area contributed by atoms with E-state index in [4.69, 9.17) is 18.6 Å². The standard InChI is InChI=1S/C36H34O11/c1-18(2)20-7-5-19(6-8-20)17-46-28-12-10-21(14-29(28)44-3)23(15-30(41)45-4)31-26(39)16-27(40)32-33(42)34(43)35(47-36(31)32)22-9-11-24(37)25(38)13-22/h5-14,16,18,23,37-40,43H,15,17H2,1-4H3/t23-/m1/s1. The van der Waals surface area contributed by atoms with Crippen molar-refractivity contribution in [1.82, 2.24) is 0 Å². The molecule has 0 bridgehead atoms. The van der Waals surface area contributed by atoms with Gasteiger partial charge in [-0.2, -0.15) is 0 Å². The Hall–Kier alpha value is -5.84.